The highest BCUT2D eigenvalue weighted by molar-refractivity contribution is 7.99. The molecule has 0 saturated carbocycles. The van der Waals surface area contributed by atoms with Gasteiger partial charge in [-0.3, -0.25) is 0 Å². The molecule has 1 atom stereocenters. The Morgan fingerprint density at radius 2 is 2.54 bits per heavy atom. The van der Waals surface area contributed by atoms with Crippen molar-refractivity contribution in [3.05, 3.63) is 18.2 Å². The Kier molecular flexibility index (Phi) is 2.94. The zero-order chi connectivity index (χ0) is 9.10. The fourth-order valence-corrected chi connectivity index (χ4v) is 3.05. The van der Waals surface area contributed by atoms with Gasteiger partial charge < -0.3 is 4.57 Å². The van der Waals surface area contributed by atoms with Gasteiger partial charge in [0.2, 0.25) is 0 Å². The van der Waals surface area contributed by atoms with Gasteiger partial charge in [-0.05, 0) is 25.5 Å². The number of imidazole rings is 1. The summed E-state index contributed by atoms with van der Waals surface area (Å²) in [6.07, 6.45) is 8.08. The largest absolute Gasteiger partial charge is 0.334 e. The zero-order valence-corrected chi connectivity index (χ0v) is 8.89. The van der Waals surface area contributed by atoms with E-state index in [-0.39, 0.29) is 0 Å². The van der Waals surface area contributed by atoms with Crippen LogP contribution in [0.2, 0.25) is 0 Å². The molecule has 1 aliphatic rings. The van der Waals surface area contributed by atoms with Crippen LogP contribution >= 0.6 is 11.8 Å². The van der Waals surface area contributed by atoms with E-state index in [9.17, 15) is 0 Å². The average Bonchev–Trinajstić information content (AvgIpc) is 2.54. The molecule has 0 bridgehead atoms. The van der Waals surface area contributed by atoms with E-state index in [0.717, 1.165) is 11.8 Å². The molecule has 2 heterocycles. The molecule has 3 heteroatoms. The Hall–Kier alpha value is -0.440. The lowest BCUT2D eigenvalue weighted by atomic mass is 10.2. The van der Waals surface area contributed by atoms with E-state index in [1.54, 1.807) is 0 Å². The van der Waals surface area contributed by atoms with Crippen molar-refractivity contribution in [2.24, 2.45) is 0 Å². The minimum atomic E-state index is 0.821. The van der Waals surface area contributed by atoms with Gasteiger partial charge in [0.1, 0.15) is 0 Å². The summed E-state index contributed by atoms with van der Waals surface area (Å²) >= 11 is 2.12. The highest BCUT2D eigenvalue weighted by Crippen LogP contribution is 2.26. The van der Waals surface area contributed by atoms with Crippen LogP contribution in [-0.2, 0) is 6.54 Å². The summed E-state index contributed by atoms with van der Waals surface area (Å²) < 4.78 is 2.27. The lowest BCUT2D eigenvalue weighted by molar-refractivity contribution is 0.576. The highest BCUT2D eigenvalue weighted by atomic mass is 32.2. The molecule has 0 N–H and O–H groups in total. The normalized spacial score (nSPS) is 23.3. The van der Waals surface area contributed by atoms with Gasteiger partial charge in [0, 0.05) is 23.7 Å². The molecule has 1 saturated heterocycles. The fourth-order valence-electron chi connectivity index (χ4n) is 1.75. The second-order valence-electron chi connectivity index (χ2n) is 3.68. The first kappa shape index (κ1) is 9.13. The maximum atomic E-state index is 4.14. The van der Waals surface area contributed by atoms with Crippen molar-refractivity contribution >= 4 is 11.8 Å². The molecule has 0 aromatic carbocycles. The van der Waals surface area contributed by atoms with Gasteiger partial charge in [0.15, 0.2) is 0 Å². The van der Waals surface area contributed by atoms with Crippen LogP contribution in [0, 0.1) is 6.92 Å². The van der Waals surface area contributed by atoms with Gasteiger partial charge >= 0.3 is 0 Å². The predicted molar refractivity (Wildman–Crippen MR) is 57.1 cm³/mol. The quantitative estimate of drug-likeness (QED) is 0.723. The average molecular weight is 196 g/mol. The Balaban J connectivity index is 1.93. The van der Waals surface area contributed by atoms with Crippen LogP contribution in [0.3, 0.4) is 0 Å². The van der Waals surface area contributed by atoms with Gasteiger partial charge in [-0.2, -0.15) is 11.8 Å². The number of thioether (sulfide) groups is 1. The summed E-state index contributed by atoms with van der Waals surface area (Å²) in [5.74, 6) is 1.35. The van der Waals surface area contributed by atoms with Crippen molar-refractivity contribution in [1.29, 1.82) is 0 Å². The lowest BCUT2D eigenvalue weighted by Crippen LogP contribution is -2.17. The van der Waals surface area contributed by atoms with E-state index in [0.29, 0.717) is 0 Å². The molecule has 2 rings (SSSR count). The molecule has 1 aromatic heterocycles. The van der Waals surface area contributed by atoms with E-state index in [4.69, 9.17) is 0 Å². The minimum Gasteiger partial charge on any atom is -0.334 e. The Labute approximate surface area is 83.7 Å². The summed E-state index contributed by atoms with van der Waals surface area (Å²) in [5, 5.41) is 0.821. The summed E-state index contributed by atoms with van der Waals surface area (Å²) in [4.78, 5) is 4.14. The molecule has 1 unspecified atom stereocenters. The molecule has 0 radical (unpaired) electrons. The first-order valence-electron chi connectivity index (χ1n) is 4.94. The van der Waals surface area contributed by atoms with Crippen LogP contribution in [0.15, 0.2) is 12.5 Å². The topological polar surface area (TPSA) is 17.8 Å². The van der Waals surface area contributed by atoms with Crippen molar-refractivity contribution in [2.45, 2.75) is 38.0 Å². The van der Waals surface area contributed by atoms with E-state index >= 15 is 0 Å². The summed E-state index contributed by atoms with van der Waals surface area (Å²) in [5.41, 5.74) is 1.28. The molecule has 72 valence electrons. The van der Waals surface area contributed by atoms with Gasteiger partial charge in [0.25, 0.3) is 0 Å². The summed E-state index contributed by atoms with van der Waals surface area (Å²) in [6.45, 7) is 3.27. The highest BCUT2D eigenvalue weighted by Gasteiger charge is 2.14. The Morgan fingerprint density at radius 3 is 3.15 bits per heavy atom. The molecule has 1 aromatic rings. The molecule has 0 spiro atoms. The number of hydrogen-bond donors (Lipinski definition) is 0. The van der Waals surface area contributed by atoms with Crippen molar-refractivity contribution in [2.75, 3.05) is 5.75 Å². The van der Waals surface area contributed by atoms with Crippen LogP contribution in [0.1, 0.15) is 25.0 Å². The lowest BCUT2D eigenvalue weighted by Gasteiger charge is -2.21. The zero-order valence-electron chi connectivity index (χ0n) is 8.07. The summed E-state index contributed by atoms with van der Waals surface area (Å²) in [6, 6.07) is 0. The number of hydrogen-bond acceptors (Lipinski definition) is 2. The summed E-state index contributed by atoms with van der Waals surface area (Å²) in [7, 11) is 0. The second-order valence-corrected chi connectivity index (χ2v) is 5.08. The minimum absolute atomic E-state index is 0.821. The van der Waals surface area contributed by atoms with Crippen molar-refractivity contribution < 1.29 is 0 Å². The third kappa shape index (κ3) is 2.27. The molecule has 0 aliphatic carbocycles. The molecule has 0 amide bonds. The van der Waals surface area contributed by atoms with Crippen LogP contribution in [0.4, 0.5) is 0 Å². The second kappa shape index (κ2) is 4.18. The van der Waals surface area contributed by atoms with E-state index in [1.165, 1.54) is 30.7 Å². The van der Waals surface area contributed by atoms with Crippen LogP contribution in [-0.4, -0.2) is 20.6 Å². The first-order chi connectivity index (χ1) is 6.36. The number of rotatable bonds is 2. The van der Waals surface area contributed by atoms with Crippen LogP contribution in [0.5, 0.6) is 0 Å². The molecular weight excluding hydrogens is 180 g/mol. The number of aromatic nitrogens is 2. The smallest absolute Gasteiger partial charge is 0.0948 e. The van der Waals surface area contributed by atoms with Crippen LogP contribution < -0.4 is 0 Å². The number of aryl methyl sites for hydroxylation is 1. The standard InChI is InChI=1S/C10H16N2S/c1-9-6-11-8-12(9)7-10-4-2-3-5-13-10/h6,8,10H,2-5,7H2,1H3. The third-order valence-corrected chi connectivity index (χ3v) is 3.98. The van der Waals surface area contributed by atoms with Gasteiger partial charge in [-0.15, -0.1) is 0 Å². The van der Waals surface area contributed by atoms with E-state index < -0.39 is 0 Å². The first-order valence-corrected chi connectivity index (χ1v) is 5.99. The van der Waals surface area contributed by atoms with Crippen molar-refractivity contribution in [3.63, 3.8) is 0 Å². The van der Waals surface area contributed by atoms with Crippen LogP contribution in [0.25, 0.3) is 0 Å². The molecule has 1 aliphatic heterocycles. The van der Waals surface area contributed by atoms with Gasteiger partial charge in [0.05, 0.1) is 6.33 Å². The van der Waals surface area contributed by atoms with E-state index in [2.05, 4.69) is 28.2 Å². The monoisotopic (exact) mass is 196 g/mol. The predicted octanol–water partition coefficient (Wildman–Crippen LogP) is 2.48. The van der Waals surface area contributed by atoms with Crippen molar-refractivity contribution in [3.8, 4) is 0 Å². The molecule has 1 fully saturated rings. The van der Waals surface area contributed by atoms with Gasteiger partial charge in [-0.1, -0.05) is 6.42 Å². The van der Waals surface area contributed by atoms with E-state index in [1.807, 2.05) is 12.5 Å². The Morgan fingerprint density at radius 1 is 1.62 bits per heavy atom. The van der Waals surface area contributed by atoms with Crippen molar-refractivity contribution in [1.82, 2.24) is 9.55 Å². The molecule has 2 nitrogen and oxygen atoms in total. The third-order valence-electron chi connectivity index (χ3n) is 2.59. The van der Waals surface area contributed by atoms with Gasteiger partial charge in [-0.25, -0.2) is 4.98 Å². The molecule has 13 heavy (non-hydrogen) atoms. The number of nitrogens with zero attached hydrogens (tertiary/aromatic N) is 2. The maximum absolute atomic E-state index is 4.14. The SMILES string of the molecule is Cc1cncn1CC1CCCCS1. The molecular formula is C10H16N2S. The Bertz CT molecular complexity index is 264. The fraction of sp³-hybridized carbons (Fsp3) is 0.700. The maximum Gasteiger partial charge on any atom is 0.0948 e.